The lowest BCUT2D eigenvalue weighted by molar-refractivity contribution is -0.274. The fourth-order valence-electron chi connectivity index (χ4n) is 1.69. The maximum Gasteiger partial charge on any atom is 0.573 e. The number of hydrogen-bond acceptors (Lipinski definition) is 7. The highest BCUT2D eigenvalue weighted by Crippen LogP contribution is 2.24. The van der Waals surface area contributed by atoms with Gasteiger partial charge in [-0.2, -0.15) is 10.4 Å². The molecule has 1 aromatic carbocycles. The van der Waals surface area contributed by atoms with Crippen LogP contribution < -0.4 is 10.2 Å². The van der Waals surface area contributed by atoms with Gasteiger partial charge in [0.15, 0.2) is 5.03 Å². The van der Waals surface area contributed by atoms with E-state index in [9.17, 15) is 21.6 Å². The average Bonchev–Trinajstić information content (AvgIpc) is 2.95. The lowest BCUT2D eigenvalue weighted by Gasteiger charge is -2.09. The number of benzene rings is 1. The van der Waals surface area contributed by atoms with Gasteiger partial charge in [-0.3, -0.25) is 5.43 Å². The summed E-state index contributed by atoms with van der Waals surface area (Å²) in [5.41, 5.74) is 2.45. The summed E-state index contributed by atoms with van der Waals surface area (Å²) in [6, 6.07) is 5.82. The molecular weight excluding hydrogens is 363 g/mol. The van der Waals surface area contributed by atoms with Gasteiger partial charge in [-0.05, 0) is 24.3 Å². The van der Waals surface area contributed by atoms with E-state index in [0.717, 1.165) is 18.3 Å². The Morgan fingerprint density at radius 2 is 2.00 bits per heavy atom. The van der Waals surface area contributed by atoms with Crippen LogP contribution in [-0.4, -0.2) is 29.4 Å². The number of sulfone groups is 1. The summed E-state index contributed by atoms with van der Waals surface area (Å²) in [4.78, 5) is 3.66. The van der Waals surface area contributed by atoms with Gasteiger partial charge in [-0.1, -0.05) is 0 Å². The Bertz CT molecular complexity index is 927. The standard InChI is InChI=1S/C13H10F3N5O3S/c1-21-8-18-7-12(21)25(22,23)11(6-17)20-19-9-2-4-10(5-3-9)24-13(14,15)16/h2-5,7-8,19H,1H3. The number of nitriles is 1. The zero-order valence-corrected chi connectivity index (χ0v) is 13.3. The van der Waals surface area contributed by atoms with Crippen LogP contribution in [0.1, 0.15) is 0 Å². The second-order valence-electron chi connectivity index (χ2n) is 4.56. The molecule has 2 aromatic rings. The Morgan fingerprint density at radius 1 is 1.36 bits per heavy atom. The molecule has 1 aromatic heterocycles. The first-order chi connectivity index (χ1) is 11.6. The number of ether oxygens (including phenoxy) is 1. The minimum absolute atomic E-state index is 0.155. The van der Waals surface area contributed by atoms with E-state index in [1.165, 1.54) is 36.1 Å². The van der Waals surface area contributed by atoms with E-state index in [1.807, 2.05) is 0 Å². The fourth-order valence-corrected chi connectivity index (χ4v) is 2.80. The van der Waals surface area contributed by atoms with Crippen molar-refractivity contribution < 1.29 is 26.3 Å². The molecule has 0 aliphatic rings. The molecule has 25 heavy (non-hydrogen) atoms. The van der Waals surface area contributed by atoms with Crippen molar-refractivity contribution in [1.29, 1.82) is 5.26 Å². The highest BCUT2D eigenvalue weighted by atomic mass is 32.2. The van der Waals surface area contributed by atoms with Crippen molar-refractivity contribution in [1.82, 2.24) is 9.55 Å². The van der Waals surface area contributed by atoms with Crippen molar-refractivity contribution >= 4 is 20.6 Å². The molecule has 0 saturated heterocycles. The maximum absolute atomic E-state index is 12.3. The Kier molecular flexibility index (Phi) is 4.98. The molecule has 0 atom stereocenters. The van der Waals surface area contributed by atoms with Crippen LogP contribution in [0.25, 0.3) is 0 Å². The summed E-state index contributed by atoms with van der Waals surface area (Å²) in [5.74, 6) is -0.454. The molecule has 0 aliphatic heterocycles. The number of anilines is 1. The molecule has 0 saturated carbocycles. The molecule has 1 N–H and O–H groups in total. The van der Waals surface area contributed by atoms with Gasteiger partial charge in [-0.25, -0.2) is 13.4 Å². The van der Waals surface area contributed by atoms with Gasteiger partial charge in [0.2, 0.25) is 0 Å². The van der Waals surface area contributed by atoms with E-state index in [1.54, 1.807) is 0 Å². The molecule has 12 heteroatoms. The lowest BCUT2D eigenvalue weighted by atomic mass is 10.3. The number of alkyl halides is 3. The SMILES string of the molecule is Cn1cncc1S(=O)(=O)C(C#N)=NNc1ccc(OC(F)(F)F)cc1. The van der Waals surface area contributed by atoms with Crippen LogP contribution in [0.5, 0.6) is 5.75 Å². The molecule has 0 unspecified atom stereocenters. The minimum Gasteiger partial charge on any atom is -0.406 e. The van der Waals surface area contributed by atoms with Crippen LogP contribution in [0.15, 0.2) is 46.9 Å². The summed E-state index contributed by atoms with van der Waals surface area (Å²) < 4.78 is 65.7. The van der Waals surface area contributed by atoms with Crippen LogP contribution in [0.3, 0.4) is 0 Å². The number of aromatic nitrogens is 2. The summed E-state index contributed by atoms with van der Waals surface area (Å²) in [6.45, 7) is 0. The van der Waals surface area contributed by atoms with Gasteiger partial charge in [0.25, 0.3) is 14.9 Å². The number of imidazole rings is 1. The molecule has 0 bridgehead atoms. The minimum atomic E-state index is -4.82. The summed E-state index contributed by atoms with van der Waals surface area (Å²) in [6.07, 6.45) is -2.52. The quantitative estimate of drug-likeness (QED) is 0.499. The lowest BCUT2D eigenvalue weighted by Crippen LogP contribution is -2.18. The van der Waals surface area contributed by atoms with Gasteiger partial charge in [0.05, 0.1) is 18.2 Å². The van der Waals surface area contributed by atoms with Gasteiger partial charge >= 0.3 is 6.36 Å². The Balaban J connectivity index is 2.19. The zero-order valence-electron chi connectivity index (χ0n) is 12.5. The summed E-state index contributed by atoms with van der Waals surface area (Å²) in [5, 5.41) is 11.5. The number of hydrogen-bond donors (Lipinski definition) is 1. The second-order valence-corrected chi connectivity index (χ2v) is 6.37. The van der Waals surface area contributed by atoms with Crippen LogP contribution in [0, 0.1) is 11.3 Å². The van der Waals surface area contributed by atoms with E-state index in [0.29, 0.717) is 0 Å². The van der Waals surface area contributed by atoms with Gasteiger partial charge in [0, 0.05) is 7.05 Å². The Hall–Kier alpha value is -3.07. The summed E-state index contributed by atoms with van der Waals surface area (Å²) in [7, 11) is -2.76. The number of rotatable bonds is 4. The monoisotopic (exact) mass is 373 g/mol. The van der Waals surface area contributed by atoms with Crippen molar-refractivity contribution in [3.8, 4) is 11.8 Å². The van der Waals surface area contributed by atoms with Crippen molar-refractivity contribution in [3.05, 3.63) is 36.8 Å². The Labute approximate surface area is 140 Å². The van der Waals surface area contributed by atoms with E-state index >= 15 is 0 Å². The molecule has 132 valence electrons. The third-order valence-electron chi connectivity index (χ3n) is 2.77. The number of aryl methyl sites for hydroxylation is 1. The molecule has 2 rings (SSSR count). The largest absolute Gasteiger partial charge is 0.573 e. The third-order valence-corrected chi connectivity index (χ3v) is 4.41. The molecule has 1 heterocycles. The molecule has 0 fully saturated rings. The van der Waals surface area contributed by atoms with Crippen molar-refractivity contribution in [2.45, 2.75) is 11.4 Å². The van der Waals surface area contributed by atoms with Gasteiger partial charge in [-0.15, -0.1) is 13.2 Å². The van der Waals surface area contributed by atoms with Crippen LogP contribution in [0.4, 0.5) is 18.9 Å². The number of halogens is 3. The van der Waals surface area contributed by atoms with Gasteiger partial charge < -0.3 is 9.30 Å². The molecule has 0 amide bonds. The highest BCUT2D eigenvalue weighted by molar-refractivity contribution is 8.07. The summed E-state index contributed by atoms with van der Waals surface area (Å²) >= 11 is 0. The molecule has 0 spiro atoms. The third kappa shape index (κ3) is 4.48. The maximum atomic E-state index is 12.3. The molecule has 8 nitrogen and oxygen atoms in total. The predicted molar refractivity (Wildman–Crippen MR) is 80.2 cm³/mol. The first-order valence-electron chi connectivity index (χ1n) is 6.44. The molecular formula is C13H10F3N5O3S. The zero-order chi connectivity index (χ0) is 18.7. The molecule has 0 radical (unpaired) electrons. The van der Waals surface area contributed by atoms with E-state index < -0.39 is 27.0 Å². The topological polar surface area (TPSA) is 109 Å². The van der Waals surface area contributed by atoms with E-state index in [2.05, 4.69) is 20.2 Å². The molecule has 0 aliphatic carbocycles. The van der Waals surface area contributed by atoms with Crippen LogP contribution >= 0.6 is 0 Å². The van der Waals surface area contributed by atoms with Gasteiger partial charge in [0.1, 0.15) is 11.8 Å². The Morgan fingerprint density at radius 3 is 2.48 bits per heavy atom. The smallest absolute Gasteiger partial charge is 0.406 e. The fraction of sp³-hybridized carbons (Fsp3) is 0.154. The second kappa shape index (κ2) is 6.81. The van der Waals surface area contributed by atoms with Crippen molar-refractivity contribution in [2.24, 2.45) is 12.1 Å². The first kappa shape index (κ1) is 18.3. The number of hydrazone groups is 1. The van der Waals surface area contributed by atoms with Crippen molar-refractivity contribution in [2.75, 3.05) is 5.43 Å². The number of nitrogens with zero attached hydrogens (tertiary/aromatic N) is 4. The first-order valence-corrected chi connectivity index (χ1v) is 7.93. The number of nitrogens with one attached hydrogen (secondary N) is 1. The van der Waals surface area contributed by atoms with E-state index in [-0.39, 0.29) is 10.7 Å². The van der Waals surface area contributed by atoms with Crippen molar-refractivity contribution in [3.63, 3.8) is 0 Å². The van der Waals surface area contributed by atoms with E-state index in [4.69, 9.17) is 5.26 Å². The highest BCUT2D eigenvalue weighted by Gasteiger charge is 2.31. The predicted octanol–water partition coefficient (Wildman–Crippen LogP) is 2.04. The normalized spacial score (nSPS) is 12.5. The van der Waals surface area contributed by atoms with Crippen LogP contribution in [0.2, 0.25) is 0 Å². The average molecular weight is 373 g/mol. The van der Waals surface area contributed by atoms with Crippen LogP contribution in [-0.2, 0) is 16.9 Å².